The van der Waals surface area contributed by atoms with Gasteiger partial charge in [-0.15, -0.1) is 10.2 Å². The summed E-state index contributed by atoms with van der Waals surface area (Å²) in [7, 11) is 1.62. The number of rotatable bonds is 9. The first-order valence-corrected chi connectivity index (χ1v) is 10.8. The fraction of sp³-hybridized carbons (Fsp3) is 0.318. The molecule has 1 unspecified atom stereocenters. The molecule has 1 amide bonds. The number of nitrogens with zero attached hydrogens (tertiary/aromatic N) is 3. The first-order valence-electron chi connectivity index (χ1n) is 9.84. The second kappa shape index (κ2) is 10.2. The minimum atomic E-state index is -0.334. The van der Waals surface area contributed by atoms with Crippen LogP contribution in [0.3, 0.4) is 0 Å². The van der Waals surface area contributed by atoms with Crippen LogP contribution in [0.2, 0.25) is 0 Å². The number of phenolic OH excluding ortho intramolecular Hbond substituents is 1. The number of phenols is 1. The van der Waals surface area contributed by atoms with Gasteiger partial charge in [0.15, 0.2) is 17.1 Å². The van der Waals surface area contributed by atoms with Crippen molar-refractivity contribution in [2.45, 2.75) is 38.1 Å². The van der Waals surface area contributed by atoms with Crippen LogP contribution in [-0.4, -0.2) is 38.6 Å². The third-order valence-corrected chi connectivity index (χ3v) is 5.35. The number of ether oxygens (including phenoxy) is 2. The molecular weight excluding hydrogens is 416 g/mol. The number of hydrogen-bond acceptors (Lipinski definition) is 7. The molecule has 2 N–H and O–H groups in total. The van der Waals surface area contributed by atoms with Crippen LogP contribution < -0.4 is 14.8 Å². The number of carbonyl (C=O) groups excluding carboxylic acids is 1. The van der Waals surface area contributed by atoms with Crippen LogP contribution in [0.15, 0.2) is 53.7 Å². The molecule has 0 aliphatic carbocycles. The van der Waals surface area contributed by atoms with Gasteiger partial charge in [-0.25, -0.2) is 0 Å². The molecule has 0 bridgehead atoms. The van der Waals surface area contributed by atoms with Crippen LogP contribution in [0.4, 0.5) is 5.69 Å². The Labute approximate surface area is 185 Å². The van der Waals surface area contributed by atoms with E-state index in [9.17, 15) is 9.90 Å². The number of amides is 1. The Hall–Kier alpha value is -3.20. The van der Waals surface area contributed by atoms with Crippen LogP contribution >= 0.6 is 11.8 Å². The van der Waals surface area contributed by atoms with Gasteiger partial charge in [-0.1, -0.05) is 17.8 Å². The van der Waals surface area contributed by atoms with Crippen LogP contribution in [0.25, 0.3) is 0 Å². The molecule has 3 rings (SSSR count). The molecular formula is C22H26N4O4S. The van der Waals surface area contributed by atoms with Gasteiger partial charge >= 0.3 is 0 Å². The summed E-state index contributed by atoms with van der Waals surface area (Å²) in [5.74, 6) is 2.20. The summed E-state index contributed by atoms with van der Waals surface area (Å²) >= 11 is 1.30. The second-order valence-corrected chi connectivity index (χ2v) is 8.07. The van der Waals surface area contributed by atoms with E-state index in [1.807, 2.05) is 49.6 Å². The van der Waals surface area contributed by atoms with Gasteiger partial charge in [0.25, 0.3) is 0 Å². The van der Waals surface area contributed by atoms with Crippen molar-refractivity contribution in [3.63, 3.8) is 0 Å². The van der Waals surface area contributed by atoms with Crippen LogP contribution in [-0.2, 0) is 4.79 Å². The van der Waals surface area contributed by atoms with Crippen molar-refractivity contribution in [2.75, 3.05) is 18.2 Å². The summed E-state index contributed by atoms with van der Waals surface area (Å²) in [6.07, 6.45) is -0.334. The Bertz CT molecular complexity index is 1020. The number of thioether (sulfide) groups is 1. The molecule has 0 spiro atoms. The molecule has 0 saturated heterocycles. The SMILES string of the molecule is COc1ccc(OC(C)c2nnc(SCC(=O)Nc3cccc(O)c3)n2C(C)C)cc1. The lowest BCUT2D eigenvalue weighted by molar-refractivity contribution is -0.113. The third kappa shape index (κ3) is 5.91. The van der Waals surface area contributed by atoms with Gasteiger partial charge < -0.3 is 24.5 Å². The summed E-state index contributed by atoms with van der Waals surface area (Å²) in [4.78, 5) is 12.3. The van der Waals surface area contributed by atoms with E-state index in [0.29, 0.717) is 22.4 Å². The van der Waals surface area contributed by atoms with E-state index in [1.54, 1.807) is 25.3 Å². The van der Waals surface area contributed by atoms with Gasteiger partial charge in [0.1, 0.15) is 17.2 Å². The summed E-state index contributed by atoms with van der Waals surface area (Å²) in [6, 6.07) is 13.9. The minimum absolute atomic E-state index is 0.0866. The Balaban J connectivity index is 1.67. The van der Waals surface area contributed by atoms with E-state index < -0.39 is 0 Å². The third-order valence-electron chi connectivity index (χ3n) is 4.41. The van der Waals surface area contributed by atoms with Gasteiger partial charge in [-0.2, -0.15) is 0 Å². The van der Waals surface area contributed by atoms with E-state index in [2.05, 4.69) is 15.5 Å². The number of aromatic nitrogens is 3. The number of methoxy groups -OCH3 is 1. The predicted molar refractivity (Wildman–Crippen MR) is 120 cm³/mol. The lowest BCUT2D eigenvalue weighted by atomic mass is 10.3. The Morgan fingerprint density at radius 2 is 1.84 bits per heavy atom. The average Bonchev–Trinajstić information content (AvgIpc) is 3.17. The van der Waals surface area contributed by atoms with Gasteiger partial charge in [0.05, 0.1) is 12.9 Å². The van der Waals surface area contributed by atoms with Crippen molar-refractivity contribution in [1.82, 2.24) is 14.8 Å². The Morgan fingerprint density at radius 3 is 2.48 bits per heavy atom. The summed E-state index contributed by atoms with van der Waals surface area (Å²) in [6.45, 7) is 5.98. The normalized spacial score (nSPS) is 11.9. The topological polar surface area (TPSA) is 98.5 Å². The van der Waals surface area contributed by atoms with Gasteiger partial charge in [-0.3, -0.25) is 4.79 Å². The number of hydrogen-bond donors (Lipinski definition) is 2. The highest BCUT2D eigenvalue weighted by atomic mass is 32.2. The summed E-state index contributed by atoms with van der Waals surface area (Å²) in [5, 5.41) is 21.5. The van der Waals surface area contributed by atoms with Crippen molar-refractivity contribution >= 4 is 23.4 Å². The number of anilines is 1. The number of nitrogens with one attached hydrogen (secondary N) is 1. The molecule has 164 valence electrons. The highest BCUT2D eigenvalue weighted by Gasteiger charge is 2.22. The lowest BCUT2D eigenvalue weighted by Gasteiger charge is -2.19. The zero-order chi connectivity index (χ0) is 22.4. The predicted octanol–water partition coefficient (Wildman–Crippen LogP) is 4.44. The maximum Gasteiger partial charge on any atom is 0.234 e. The average molecular weight is 443 g/mol. The zero-order valence-corrected chi connectivity index (χ0v) is 18.7. The number of carbonyl (C=O) groups is 1. The molecule has 0 aliphatic rings. The molecule has 9 heteroatoms. The molecule has 31 heavy (non-hydrogen) atoms. The quantitative estimate of drug-likeness (QED) is 0.473. The molecule has 0 aliphatic heterocycles. The molecule has 1 aromatic heterocycles. The molecule has 1 heterocycles. The van der Waals surface area contributed by atoms with Gasteiger partial charge in [-0.05, 0) is 57.2 Å². The fourth-order valence-corrected chi connectivity index (χ4v) is 3.85. The van der Waals surface area contributed by atoms with E-state index >= 15 is 0 Å². The Morgan fingerprint density at radius 1 is 1.13 bits per heavy atom. The Kier molecular flexibility index (Phi) is 7.41. The maximum atomic E-state index is 12.3. The summed E-state index contributed by atoms with van der Waals surface area (Å²) < 4.78 is 13.2. The van der Waals surface area contributed by atoms with Crippen LogP contribution in [0.1, 0.15) is 38.7 Å². The second-order valence-electron chi connectivity index (χ2n) is 7.13. The van der Waals surface area contributed by atoms with E-state index in [1.165, 1.54) is 17.8 Å². The first kappa shape index (κ1) is 22.5. The molecule has 8 nitrogen and oxygen atoms in total. The lowest BCUT2D eigenvalue weighted by Crippen LogP contribution is -2.16. The minimum Gasteiger partial charge on any atom is -0.508 e. The fourth-order valence-electron chi connectivity index (χ4n) is 2.97. The standard InChI is InChI=1S/C22H26N4O4S/c1-14(2)26-21(15(3)30-19-10-8-18(29-4)9-11-19)24-25-22(26)31-13-20(28)23-16-6-5-7-17(27)12-16/h5-12,14-15,27H,13H2,1-4H3,(H,23,28). The van der Waals surface area contributed by atoms with Crippen LogP contribution in [0.5, 0.6) is 17.2 Å². The molecule has 1 atom stereocenters. The summed E-state index contributed by atoms with van der Waals surface area (Å²) in [5.41, 5.74) is 0.540. The number of aromatic hydroxyl groups is 1. The molecule has 3 aromatic rings. The number of benzene rings is 2. The van der Waals surface area contributed by atoms with Crippen molar-refractivity contribution in [3.8, 4) is 17.2 Å². The van der Waals surface area contributed by atoms with Crippen molar-refractivity contribution < 1.29 is 19.4 Å². The zero-order valence-electron chi connectivity index (χ0n) is 17.9. The van der Waals surface area contributed by atoms with E-state index in [-0.39, 0.29) is 29.6 Å². The van der Waals surface area contributed by atoms with E-state index in [0.717, 1.165) is 5.75 Å². The molecule has 0 saturated carbocycles. The smallest absolute Gasteiger partial charge is 0.234 e. The van der Waals surface area contributed by atoms with Gasteiger partial charge in [0.2, 0.25) is 5.91 Å². The monoisotopic (exact) mass is 442 g/mol. The van der Waals surface area contributed by atoms with Crippen molar-refractivity contribution in [2.24, 2.45) is 0 Å². The first-order chi connectivity index (χ1) is 14.9. The van der Waals surface area contributed by atoms with Crippen molar-refractivity contribution in [3.05, 3.63) is 54.4 Å². The highest BCUT2D eigenvalue weighted by molar-refractivity contribution is 7.99. The molecule has 0 fully saturated rings. The van der Waals surface area contributed by atoms with Crippen molar-refractivity contribution in [1.29, 1.82) is 0 Å². The molecule has 2 aromatic carbocycles. The highest BCUT2D eigenvalue weighted by Crippen LogP contribution is 2.28. The van der Waals surface area contributed by atoms with Crippen LogP contribution in [0, 0.1) is 0 Å². The molecule has 0 radical (unpaired) electrons. The van der Waals surface area contributed by atoms with E-state index in [4.69, 9.17) is 9.47 Å². The maximum absolute atomic E-state index is 12.3. The largest absolute Gasteiger partial charge is 0.508 e. The van der Waals surface area contributed by atoms with Gasteiger partial charge in [0, 0.05) is 17.8 Å².